The number of benzene rings is 2. The number of amides is 1. The van der Waals surface area contributed by atoms with Gasteiger partial charge in [-0.1, -0.05) is 42.5 Å². The van der Waals surface area contributed by atoms with Gasteiger partial charge in [0.25, 0.3) is 0 Å². The lowest BCUT2D eigenvalue weighted by Crippen LogP contribution is -2.29. The van der Waals surface area contributed by atoms with Crippen LogP contribution in [0.1, 0.15) is 23.7 Å². The molecule has 0 aliphatic carbocycles. The molecule has 3 rings (SSSR count). The van der Waals surface area contributed by atoms with E-state index in [4.69, 9.17) is 12.6 Å². The van der Waals surface area contributed by atoms with Crippen molar-refractivity contribution in [2.75, 3.05) is 0 Å². The molecule has 0 saturated carbocycles. The Bertz CT molecular complexity index is 591. The van der Waals surface area contributed by atoms with Crippen molar-refractivity contribution in [1.29, 1.82) is 0 Å². The van der Waals surface area contributed by atoms with Crippen molar-refractivity contribution in [2.45, 2.75) is 24.1 Å². The predicted molar refractivity (Wildman–Crippen MR) is 76.8 cm³/mol. The zero-order valence-electron chi connectivity index (χ0n) is 9.97. The molecule has 0 bridgehead atoms. The van der Waals surface area contributed by atoms with E-state index in [0.29, 0.717) is 6.42 Å². The number of hydrogen-bond acceptors (Lipinski definition) is 2. The Morgan fingerprint density at radius 2 is 1.94 bits per heavy atom. The number of rotatable bonds is 2. The van der Waals surface area contributed by atoms with Gasteiger partial charge in [-0.2, -0.15) is 12.6 Å². The summed E-state index contributed by atoms with van der Waals surface area (Å²) >= 11 is 4.72. The van der Waals surface area contributed by atoms with E-state index in [1.54, 1.807) is 0 Å². The Balaban J connectivity index is 2.01. The van der Waals surface area contributed by atoms with Crippen LogP contribution in [-0.2, 0) is 4.79 Å². The van der Waals surface area contributed by atoms with Crippen LogP contribution >= 0.6 is 12.6 Å². The van der Waals surface area contributed by atoms with Crippen molar-refractivity contribution in [3.8, 4) is 0 Å². The van der Waals surface area contributed by atoms with Gasteiger partial charge in [0.15, 0.2) is 0 Å². The van der Waals surface area contributed by atoms with Gasteiger partial charge in [0, 0.05) is 17.7 Å². The second-order valence-corrected chi connectivity index (χ2v) is 5.28. The number of carbonyl (C=O) groups is 1. The van der Waals surface area contributed by atoms with Crippen molar-refractivity contribution in [3.63, 3.8) is 0 Å². The van der Waals surface area contributed by atoms with E-state index in [2.05, 4.69) is 35.6 Å². The number of nitrogens with one attached hydrogen (secondary N) is 1. The van der Waals surface area contributed by atoms with Crippen LogP contribution in [0.15, 0.2) is 42.5 Å². The second-order valence-electron chi connectivity index (χ2n) is 4.73. The highest BCUT2D eigenvalue weighted by Crippen LogP contribution is 2.33. The summed E-state index contributed by atoms with van der Waals surface area (Å²) < 4.78 is 0. The first-order valence-corrected chi connectivity index (χ1v) is 6.72. The molecule has 1 fully saturated rings. The van der Waals surface area contributed by atoms with Crippen LogP contribution < -0.4 is 5.32 Å². The highest BCUT2D eigenvalue weighted by molar-refractivity contribution is 7.80. The fourth-order valence-electron chi connectivity index (χ4n) is 2.60. The van der Waals surface area contributed by atoms with Crippen molar-refractivity contribution in [1.82, 2.24) is 5.32 Å². The molecule has 1 aliphatic rings. The van der Waals surface area contributed by atoms with Crippen LogP contribution in [0.3, 0.4) is 0 Å². The van der Waals surface area contributed by atoms with E-state index in [9.17, 15) is 4.79 Å². The summed E-state index contributed by atoms with van der Waals surface area (Å²) in [6, 6.07) is 14.7. The van der Waals surface area contributed by atoms with Gasteiger partial charge in [0.1, 0.15) is 0 Å². The number of fused-ring (bicyclic) bond motifs is 1. The first-order valence-electron chi connectivity index (χ1n) is 6.21. The standard InChI is InChI=1S/C15H15NOS/c17-14-9-8-13(16-14)15(18)12-7-3-5-10-4-1-2-6-11(10)12/h1-7,13,15,18H,8-9H2,(H,16,17). The zero-order chi connectivity index (χ0) is 12.5. The molecule has 3 heteroatoms. The van der Waals surface area contributed by atoms with Crippen molar-refractivity contribution in [2.24, 2.45) is 0 Å². The second kappa shape index (κ2) is 4.65. The fourth-order valence-corrected chi connectivity index (χ4v) is 3.05. The maximum absolute atomic E-state index is 11.3. The highest BCUT2D eigenvalue weighted by Gasteiger charge is 2.28. The smallest absolute Gasteiger partial charge is 0.220 e. The molecule has 1 aliphatic heterocycles. The van der Waals surface area contributed by atoms with E-state index in [1.807, 2.05) is 12.1 Å². The molecule has 1 N–H and O–H groups in total. The van der Waals surface area contributed by atoms with Gasteiger partial charge in [0.05, 0.1) is 0 Å². The summed E-state index contributed by atoms with van der Waals surface area (Å²) in [5.74, 6) is 0.138. The SMILES string of the molecule is O=C1CCC(C(S)c2cccc3ccccc23)N1. The lowest BCUT2D eigenvalue weighted by molar-refractivity contribution is -0.119. The molecule has 2 unspecified atom stereocenters. The minimum absolute atomic E-state index is 0.0579. The fraction of sp³-hybridized carbons (Fsp3) is 0.267. The number of thiol groups is 1. The molecule has 92 valence electrons. The monoisotopic (exact) mass is 257 g/mol. The summed E-state index contributed by atoms with van der Waals surface area (Å²) in [5, 5.41) is 5.50. The maximum atomic E-state index is 11.3. The lowest BCUT2D eigenvalue weighted by Gasteiger charge is -2.20. The van der Waals surface area contributed by atoms with Crippen molar-refractivity contribution < 1.29 is 4.79 Å². The van der Waals surface area contributed by atoms with E-state index in [-0.39, 0.29) is 17.2 Å². The molecule has 1 saturated heterocycles. The van der Waals surface area contributed by atoms with Gasteiger partial charge >= 0.3 is 0 Å². The molecule has 0 spiro atoms. The number of hydrogen-bond donors (Lipinski definition) is 2. The van der Waals surface area contributed by atoms with E-state index in [0.717, 1.165) is 6.42 Å². The summed E-state index contributed by atoms with van der Waals surface area (Å²) in [6.45, 7) is 0. The molecule has 0 aromatic heterocycles. The van der Waals surface area contributed by atoms with Crippen LogP contribution in [0.5, 0.6) is 0 Å². The van der Waals surface area contributed by atoms with Gasteiger partial charge in [-0.3, -0.25) is 4.79 Å². The van der Waals surface area contributed by atoms with Gasteiger partial charge in [-0.25, -0.2) is 0 Å². The predicted octanol–water partition coefficient (Wildman–Crippen LogP) is 3.09. The summed E-state index contributed by atoms with van der Waals surface area (Å²) in [4.78, 5) is 11.3. The lowest BCUT2D eigenvalue weighted by atomic mass is 9.97. The van der Waals surface area contributed by atoms with E-state index < -0.39 is 0 Å². The molecule has 2 nitrogen and oxygen atoms in total. The number of carbonyl (C=O) groups excluding carboxylic acids is 1. The molecular formula is C15H15NOS. The third kappa shape index (κ3) is 1.99. The molecule has 2 aromatic rings. The molecule has 2 aromatic carbocycles. The Labute approximate surface area is 112 Å². The summed E-state index contributed by atoms with van der Waals surface area (Å²) in [7, 11) is 0. The van der Waals surface area contributed by atoms with Gasteiger partial charge in [0.2, 0.25) is 5.91 Å². The molecule has 1 amide bonds. The topological polar surface area (TPSA) is 29.1 Å². The molecule has 2 atom stereocenters. The minimum Gasteiger partial charge on any atom is -0.352 e. The Morgan fingerprint density at radius 3 is 2.72 bits per heavy atom. The quantitative estimate of drug-likeness (QED) is 0.795. The first kappa shape index (κ1) is 11.6. The van der Waals surface area contributed by atoms with E-state index >= 15 is 0 Å². The largest absolute Gasteiger partial charge is 0.352 e. The van der Waals surface area contributed by atoms with Gasteiger partial charge in [-0.05, 0) is 22.8 Å². The van der Waals surface area contributed by atoms with Crippen LogP contribution in [-0.4, -0.2) is 11.9 Å². The van der Waals surface area contributed by atoms with Gasteiger partial charge in [-0.15, -0.1) is 0 Å². The molecule has 18 heavy (non-hydrogen) atoms. The first-order chi connectivity index (χ1) is 8.75. The van der Waals surface area contributed by atoms with Crippen LogP contribution in [0.2, 0.25) is 0 Å². The normalized spacial score (nSPS) is 20.9. The molecule has 0 radical (unpaired) electrons. The van der Waals surface area contributed by atoms with Crippen LogP contribution in [0.4, 0.5) is 0 Å². The Kier molecular flexibility index (Phi) is 3.00. The zero-order valence-corrected chi connectivity index (χ0v) is 10.9. The van der Waals surface area contributed by atoms with Crippen molar-refractivity contribution >= 4 is 29.3 Å². The average Bonchev–Trinajstić information content (AvgIpc) is 2.84. The summed E-state index contributed by atoms with van der Waals surface area (Å²) in [6.07, 6.45) is 1.49. The third-order valence-electron chi connectivity index (χ3n) is 3.55. The third-order valence-corrected chi connectivity index (χ3v) is 4.19. The van der Waals surface area contributed by atoms with Crippen LogP contribution in [0.25, 0.3) is 10.8 Å². The maximum Gasteiger partial charge on any atom is 0.220 e. The van der Waals surface area contributed by atoms with Crippen molar-refractivity contribution in [3.05, 3.63) is 48.0 Å². The molecule has 1 heterocycles. The Morgan fingerprint density at radius 1 is 1.17 bits per heavy atom. The summed E-state index contributed by atoms with van der Waals surface area (Å²) in [5.41, 5.74) is 1.20. The average molecular weight is 257 g/mol. The van der Waals surface area contributed by atoms with E-state index in [1.165, 1.54) is 16.3 Å². The van der Waals surface area contributed by atoms with Gasteiger partial charge < -0.3 is 5.32 Å². The molecular weight excluding hydrogens is 242 g/mol. The van der Waals surface area contributed by atoms with Crippen LogP contribution in [0, 0.1) is 0 Å². The Hall–Kier alpha value is -1.48. The minimum atomic E-state index is 0.0579. The highest BCUT2D eigenvalue weighted by atomic mass is 32.1.